The maximum Gasteiger partial charge on any atom is 0.409 e. The SMILES string of the molecule is CCOC(=O)N1CCN(C(=O)C(C)n2cc(NC(=O)C(CC)n3nc(C)c(Cl)c3C)c(C)n2)CC1. The summed E-state index contributed by atoms with van der Waals surface area (Å²) in [4.78, 5) is 41.4. The van der Waals surface area contributed by atoms with Crippen molar-refractivity contribution in [1.82, 2.24) is 29.4 Å². The molecule has 11 nitrogen and oxygen atoms in total. The van der Waals surface area contributed by atoms with Crippen LogP contribution in [0.2, 0.25) is 5.02 Å². The minimum Gasteiger partial charge on any atom is -0.450 e. The van der Waals surface area contributed by atoms with E-state index in [2.05, 4.69) is 15.5 Å². The summed E-state index contributed by atoms with van der Waals surface area (Å²) in [7, 11) is 0. The van der Waals surface area contributed by atoms with Gasteiger partial charge in [0.25, 0.3) is 0 Å². The van der Waals surface area contributed by atoms with Crippen LogP contribution in [0.25, 0.3) is 0 Å². The van der Waals surface area contributed by atoms with Crippen LogP contribution >= 0.6 is 11.6 Å². The Morgan fingerprint density at radius 3 is 2.23 bits per heavy atom. The van der Waals surface area contributed by atoms with E-state index in [1.165, 1.54) is 0 Å². The van der Waals surface area contributed by atoms with Crippen LogP contribution in [0, 0.1) is 20.8 Å². The number of nitrogens with zero attached hydrogens (tertiary/aromatic N) is 6. The third-order valence-corrected chi connectivity index (χ3v) is 6.81. The average molecular weight is 508 g/mol. The lowest BCUT2D eigenvalue weighted by Crippen LogP contribution is -2.52. The van der Waals surface area contributed by atoms with Gasteiger partial charge >= 0.3 is 6.09 Å². The predicted molar refractivity (Wildman–Crippen MR) is 132 cm³/mol. The highest BCUT2D eigenvalue weighted by Crippen LogP contribution is 2.26. The number of nitrogens with one attached hydrogen (secondary N) is 1. The van der Waals surface area contributed by atoms with Gasteiger partial charge in [0, 0.05) is 32.4 Å². The maximum absolute atomic E-state index is 13.1. The van der Waals surface area contributed by atoms with Crippen LogP contribution < -0.4 is 5.32 Å². The van der Waals surface area contributed by atoms with Crippen molar-refractivity contribution >= 4 is 35.2 Å². The standard InChI is InChI=1S/C23H34ClN7O4/c1-7-19(31-16(5)20(24)15(4)27-31)21(32)25-18-13-30(26-14(18)3)17(6)22(33)28-9-11-29(12-10-28)23(34)35-8-2/h13,17,19H,7-12H2,1-6H3,(H,25,32). The fraction of sp³-hybridized carbons (Fsp3) is 0.609. The van der Waals surface area contributed by atoms with Crippen molar-refractivity contribution in [2.24, 2.45) is 0 Å². The van der Waals surface area contributed by atoms with Gasteiger partial charge in [0.1, 0.15) is 12.1 Å². The van der Waals surface area contributed by atoms with Crippen LogP contribution in [0.3, 0.4) is 0 Å². The smallest absolute Gasteiger partial charge is 0.409 e. The molecule has 1 saturated heterocycles. The second-order valence-electron chi connectivity index (χ2n) is 8.64. The lowest BCUT2D eigenvalue weighted by Gasteiger charge is -2.35. The first-order valence-electron chi connectivity index (χ1n) is 11.9. The molecule has 0 aromatic carbocycles. The molecule has 0 bridgehead atoms. The molecule has 3 rings (SSSR count). The highest BCUT2D eigenvalue weighted by atomic mass is 35.5. The van der Waals surface area contributed by atoms with Crippen LogP contribution in [0.4, 0.5) is 10.5 Å². The average Bonchev–Trinajstić information content (AvgIpc) is 3.33. The van der Waals surface area contributed by atoms with Gasteiger partial charge in [-0.3, -0.25) is 19.0 Å². The van der Waals surface area contributed by atoms with Crippen molar-refractivity contribution in [3.8, 4) is 0 Å². The molecule has 1 aliphatic heterocycles. The van der Waals surface area contributed by atoms with Gasteiger partial charge in [-0.25, -0.2) is 4.79 Å². The molecule has 1 aliphatic rings. The van der Waals surface area contributed by atoms with Gasteiger partial charge in [0.05, 0.1) is 34.4 Å². The Morgan fingerprint density at radius 1 is 1.06 bits per heavy atom. The monoisotopic (exact) mass is 507 g/mol. The maximum atomic E-state index is 13.1. The molecule has 1 fully saturated rings. The first-order chi connectivity index (χ1) is 16.6. The zero-order chi connectivity index (χ0) is 25.9. The molecule has 2 aromatic rings. The van der Waals surface area contributed by atoms with Crippen molar-refractivity contribution in [3.05, 3.63) is 28.3 Å². The van der Waals surface area contributed by atoms with E-state index in [0.717, 1.165) is 5.69 Å². The van der Waals surface area contributed by atoms with Crippen molar-refractivity contribution in [1.29, 1.82) is 0 Å². The number of ether oxygens (including phenoxy) is 1. The lowest BCUT2D eigenvalue weighted by atomic mass is 10.2. The molecule has 2 aromatic heterocycles. The normalized spacial score (nSPS) is 15.6. The summed E-state index contributed by atoms with van der Waals surface area (Å²) in [5, 5.41) is 12.4. The molecule has 2 unspecified atom stereocenters. The molecule has 0 aliphatic carbocycles. The minimum atomic E-state index is -0.565. The lowest BCUT2D eigenvalue weighted by molar-refractivity contribution is -0.136. The first-order valence-corrected chi connectivity index (χ1v) is 12.2. The van der Waals surface area contributed by atoms with Crippen molar-refractivity contribution in [3.63, 3.8) is 0 Å². The summed E-state index contributed by atoms with van der Waals surface area (Å²) >= 11 is 6.27. The Labute approximate surface area is 210 Å². The zero-order valence-electron chi connectivity index (χ0n) is 21.2. The molecule has 3 heterocycles. The number of halogens is 1. The highest BCUT2D eigenvalue weighted by molar-refractivity contribution is 6.31. The van der Waals surface area contributed by atoms with Crippen LogP contribution in [-0.2, 0) is 14.3 Å². The highest BCUT2D eigenvalue weighted by Gasteiger charge is 2.29. The largest absolute Gasteiger partial charge is 0.450 e. The molecule has 1 N–H and O–H groups in total. The van der Waals surface area contributed by atoms with E-state index in [0.29, 0.717) is 61.3 Å². The van der Waals surface area contributed by atoms with Gasteiger partial charge < -0.3 is 19.9 Å². The summed E-state index contributed by atoms with van der Waals surface area (Å²) in [5.74, 6) is -0.330. The van der Waals surface area contributed by atoms with E-state index >= 15 is 0 Å². The fourth-order valence-electron chi connectivity index (χ4n) is 4.14. The van der Waals surface area contributed by atoms with Crippen molar-refractivity contribution < 1.29 is 19.1 Å². The number of amides is 3. The number of piperazine rings is 1. The molecule has 0 radical (unpaired) electrons. The van der Waals surface area contributed by atoms with Gasteiger partial charge in [-0.2, -0.15) is 10.2 Å². The van der Waals surface area contributed by atoms with Crippen LogP contribution in [0.1, 0.15) is 56.4 Å². The molecule has 192 valence electrons. The van der Waals surface area contributed by atoms with Gasteiger partial charge in [-0.15, -0.1) is 0 Å². The Bertz CT molecular complexity index is 1090. The molecular weight excluding hydrogens is 474 g/mol. The molecular formula is C23H34ClN7O4. The molecule has 0 saturated carbocycles. The van der Waals surface area contributed by atoms with Crippen LogP contribution in [0.5, 0.6) is 0 Å². The number of carbonyl (C=O) groups is 3. The quantitative estimate of drug-likeness (QED) is 0.615. The Kier molecular flexibility index (Phi) is 8.42. The summed E-state index contributed by atoms with van der Waals surface area (Å²) in [5.41, 5.74) is 2.55. The third-order valence-electron chi connectivity index (χ3n) is 6.27. The molecule has 35 heavy (non-hydrogen) atoms. The summed E-state index contributed by atoms with van der Waals surface area (Å²) in [6, 6.07) is -1.09. The number of aryl methyl sites for hydroxylation is 2. The number of carbonyl (C=O) groups excluding carboxylic acids is 3. The topological polar surface area (TPSA) is 115 Å². The number of rotatable bonds is 7. The van der Waals surface area contributed by atoms with E-state index < -0.39 is 12.1 Å². The molecule has 12 heteroatoms. The predicted octanol–water partition coefficient (Wildman–Crippen LogP) is 3.11. The molecule has 3 amide bonds. The minimum absolute atomic E-state index is 0.0994. The van der Waals surface area contributed by atoms with E-state index in [-0.39, 0.29) is 17.9 Å². The number of anilines is 1. The Morgan fingerprint density at radius 2 is 1.69 bits per heavy atom. The second kappa shape index (κ2) is 11.1. The molecule has 2 atom stereocenters. The second-order valence-corrected chi connectivity index (χ2v) is 9.02. The van der Waals surface area contributed by atoms with Gasteiger partial charge in [-0.05, 0) is 41.0 Å². The first kappa shape index (κ1) is 26.5. The Balaban J connectivity index is 1.66. The number of aromatic nitrogens is 4. The van der Waals surface area contributed by atoms with Crippen LogP contribution in [-0.4, -0.2) is 80.1 Å². The number of hydrogen-bond donors (Lipinski definition) is 1. The van der Waals surface area contributed by atoms with Gasteiger partial charge in [0.2, 0.25) is 11.8 Å². The third kappa shape index (κ3) is 5.61. The number of hydrogen-bond acceptors (Lipinski definition) is 6. The Hall–Kier alpha value is -3.08. The summed E-state index contributed by atoms with van der Waals surface area (Å²) in [6.07, 6.45) is 1.85. The zero-order valence-corrected chi connectivity index (χ0v) is 21.9. The summed E-state index contributed by atoms with van der Waals surface area (Å²) in [6.45, 7) is 12.9. The van der Waals surface area contributed by atoms with E-state index in [9.17, 15) is 14.4 Å². The molecule has 0 spiro atoms. The van der Waals surface area contributed by atoms with Gasteiger partial charge in [-0.1, -0.05) is 18.5 Å². The van der Waals surface area contributed by atoms with Crippen molar-refractivity contribution in [2.75, 3.05) is 38.1 Å². The van der Waals surface area contributed by atoms with Gasteiger partial charge in [0.15, 0.2) is 0 Å². The van der Waals surface area contributed by atoms with E-state index in [1.807, 2.05) is 13.8 Å². The fourth-order valence-corrected chi connectivity index (χ4v) is 4.26. The summed E-state index contributed by atoms with van der Waals surface area (Å²) < 4.78 is 8.24. The van der Waals surface area contributed by atoms with Crippen LogP contribution in [0.15, 0.2) is 6.20 Å². The van der Waals surface area contributed by atoms with E-state index in [1.54, 1.807) is 53.1 Å². The van der Waals surface area contributed by atoms with Crippen molar-refractivity contribution in [2.45, 2.75) is 60.0 Å². The van der Waals surface area contributed by atoms with E-state index in [4.69, 9.17) is 16.3 Å².